The first-order valence-corrected chi connectivity index (χ1v) is 12.3. The molecule has 0 aromatic heterocycles. The largest absolute Gasteiger partial charge is 0.417 e. The van der Waals surface area contributed by atoms with Crippen molar-refractivity contribution in [2.45, 2.75) is 50.3 Å². The number of hydrogen-bond donors (Lipinski definition) is 2. The van der Waals surface area contributed by atoms with Crippen LogP contribution in [0.5, 0.6) is 0 Å². The van der Waals surface area contributed by atoms with E-state index in [1.165, 1.54) is 5.32 Å². The predicted octanol–water partition coefficient (Wildman–Crippen LogP) is 8.58. The Balaban J connectivity index is 2.52. The maximum absolute atomic E-state index is 15.1. The number of allylic oxidation sites excluding steroid dienone is 1. The molecule has 0 saturated heterocycles. The fourth-order valence-electron chi connectivity index (χ4n) is 3.54. The summed E-state index contributed by atoms with van der Waals surface area (Å²) in [6, 6.07) is -0.107. The molecular weight excluding hydrogens is 659 g/mol. The Hall–Kier alpha value is -3.14. The summed E-state index contributed by atoms with van der Waals surface area (Å²) in [6.07, 6.45) is -15.8. The number of rotatable bonds is 8. The van der Waals surface area contributed by atoms with Gasteiger partial charge in [-0.05, 0) is 42.8 Å². The number of nitrogens with one attached hydrogen (secondary N) is 2. The summed E-state index contributed by atoms with van der Waals surface area (Å²) in [4.78, 5) is 24.2. The van der Waals surface area contributed by atoms with Crippen LogP contribution >= 0.6 is 23.2 Å². The van der Waals surface area contributed by atoms with Crippen LogP contribution in [-0.4, -0.2) is 36.8 Å². The third-order valence-corrected chi connectivity index (χ3v) is 6.40. The third kappa shape index (κ3) is 9.68. The molecule has 0 aliphatic rings. The van der Waals surface area contributed by atoms with Gasteiger partial charge in [0.25, 0.3) is 11.8 Å². The monoisotopic (exact) mass is 676 g/mol. The van der Waals surface area contributed by atoms with Gasteiger partial charge in [-0.3, -0.25) is 9.59 Å². The Labute approximate surface area is 245 Å². The molecule has 238 valence electrons. The van der Waals surface area contributed by atoms with Gasteiger partial charge in [0.05, 0.1) is 21.2 Å². The van der Waals surface area contributed by atoms with Crippen molar-refractivity contribution in [1.29, 1.82) is 0 Å². The maximum atomic E-state index is 15.1. The summed E-state index contributed by atoms with van der Waals surface area (Å²) in [6.45, 7) is -0.642. The second-order valence-corrected chi connectivity index (χ2v) is 9.86. The number of halogens is 14. The van der Waals surface area contributed by atoms with Gasteiger partial charge < -0.3 is 10.6 Å². The Morgan fingerprint density at radius 2 is 1.49 bits per heavy atom. The van der Waals surface area contributed by atoms with Crippen molar-refractivity contribution in [1.82, 2.24) is 10.6 Å². The second kappa shape index (κ2) is 12.8. The van der Waals surface area contributed by atoms with E-state index in [9.17, 15) is 57.9 Å². The molecule has 18 heteroatoms. The number of carbonyl (C=O) groups is 2. The van der Waals surface area contributed by atoms with E-state index in [2.05, 4.69) is 0 Å². The van der Waals surface area contributed by atoms with Gasteiger partial charge in [0.2, 0.25) is 5.91 Å². The highest BCUT2D eigenvalue weighted by atomic mass is 35.5. The fourth-order valence-corrected chi connectivity index (χ4v) is 4.04. The minimum atomic E-state index is -5.42. The van der Waals surface area contributed by atoms with Crippen LogP contribution in [0.15, 0.2) is 36.4 Å². The van der Waals surface area contributed by atoms with Crippen LogP contribution in [-0.2, 0) is 16.9 Å². The molecule has 2 atom stereocenters. The lowest BCUT2D eigenvalue weighted by molar-refractivity contribution is -0.140. The van der Waals surface area contributed by atoms with E-state index in [0.717, 1.165) is 6.92 Å². The minimum Gasteiger partial charge on any atom is -0.345 e. The van der Waals surface area contributed by atoms with Crippen LogP contribution in [0.1, 0.15) is 52.4 Å². The first kappa shape index (κ1) is 36.1. The molecule has 2 aromatic rings. The lowest BCUT2D eigenvalue weighted by atomic mass is 9.93. The van der Waals surface area contributed by atoms with Crippen LogP contribution in [0.3, 0.4) is 0 Å². The number of benzene rings is 2. The van der Waals surface area contributed by atoms with Crippen molar-refractivity contribution in [3.05, 3.63) is 74.3 Å². The van der Waals surface area contributed by atoms with Crippen LogP contribution in [0.4, 0.5) is 52.7 Å². The van der Waals surface area contributed by atoms with Crippen LogP contribution < -0.4 is 10.6 Å². The molecule has 0 spiro atoms. The lowest BCUT2D eigenvalue weighted by Gasteiger charge is -2.22. The van der Waals surface area contributed by atoms with Gasteiger partial charge in [-0.15, -0.1) is 0 Å². The quantitative estimate of drug-likeness (QED) is 0.275. The van der Waals surface area contributed by atoms with E-state index in [1.807, 2.05) is 0 Å². The van der Waals surface area contributed by atoms with Gasteiger partial charge >= 0.3 is 18.5 Å². The molecule has 0 bridgehead atoms. The zero-order valence-electron chi connectivity index (χ0n) is 21.4. The first-order chi connectivity index (χ1) is 19.3. The zero-order chi connectivity index (χ0) is 33.3. The summed E-state index contributed by atoms with van der Waals surface area (Å²) in [5.41, 5.74) is -6.38. The molecule has 2 unspecified atom stereocenters. The number of amides is 2. The topological polar surface area (TPSA) is 58.2 Å². The summed E-state index contributed by atoms with van der Waals surface area (Å²) >= 11 is 11.4. The summed E-state index contributed by atoms with van der Waals surface area (Å²) in [5.74, 6) is -11.7. The first-order valence-electron chi connectivity index (χ1n) is 11.5. The van der Waals surface area contributed by atoms with Gasteiger partial charge in [0.15, 0.2) is 0 Å². The molecule has 0 heterocycles. The molecule has 2 rings (SSSR count). The van der Waals surface area contributed by atoms with E-state index in [0.29, 0.717) is 31.2 Å². The lowest BCUT2D eigenvalue weighted by Crippen LogP contribution is -2.47. The average Bonchev–Trinajstić information content (AvgIpc) is 2.84. The van der Waals surface area contributed by atoms with E-state index in [1.54, 1.807) is 5.32 Å². The molecule has 43 heavy (non-hydrogen) atoms. The molecule has 2 aromatic carbocycles. The molecule has 4 nitrogen and oxygen atoms in total. The molecular formula is C25H18Cl2F12N2O2. The molecule has 2 amide bonds. The highest BCUT2D eigenvalue weighted by Gasteiger charge is 2.42. The van der Waals surface area contributed by atoms with Gasteiger partial charge in [-0.2, -0.15) is 39.5 Å². The highest BCUT2D eigenvalue weighted by Crippen LogP contribution is 2.44. The molecule has 2 N–H and O–H groups in total. The summed E-state index contributed by atoms with van der Waals surface area (Å²) < 4.78 is 163. The number of alkyl halides is 11. The van der Waals surface area contributed by atoms with Gasteiger partial charge in [0.1, 0.15) is 24.3 Å². The fraction of sp³-hybridized carbons (Fsp3) is 0.360. The predicted molar refractivity (Wildman–Crippen MR) is 131 cm³/mol. The number of hydrogen-bond acceptors (Lipinski definition) is 2. The Morgan fingerprint density at radius 3 is 1.98 bits per heavy atom. The average molecular weight is 677 g/mol. The van der Waals surface area contributed by atoms with Gasteiger partial charge in [-0.1, -0.05) is 29.3 Å². The SMILES string of the molecule is CC(NC(=O)c1ccc(/C(F)=C/C(c2cc(Cl)c(Cl)c(C(C)(F)F)c2)C(F)(F)F)cc1C(F)(F)F)C(=O)NCC(F)(F)F. The molecule has 0 aliphatic carbocycles. The summed E-state index contributed by atoms with van der Waals surface area (Å²) in [5, 5.41) is 1.62. The van der Waals surface area contributed by atoms with E-state index in [4.69, 9.17) is 23.2 Å². The van der Waals surface area contributed by atoms with Crippen molar-refractivity contribution in [3.8, 4) is 0 Å². The standard InChI is InChI=1S/C25H18Cl2F12N2O2/c1-10(20(42)40-9-23(31,32)33)41-21(43)13-4-3-11(5-15(13)25(37,38)39)18(28)8-14(24(34,35)36)12-6-16(22(2,29)30)19(27)17(26)7-12/h3-8,10,14H,9H2,1-2H3,(H,40,42)(H,41,43)/b18-8-. The molecule has 0 fully saturated rings. The van der Waals surface area contributed by atoms with E-state index < -0.39 is 98.5 Å². The van der Waals surface area contributed by atoms with Crippen LogP contribution in [0, 0.1) is 0 Å². The molecule has 0 aliphatic heterocycles. The number of carbonyl (C=O) groups excluding carboxylic acids is 2. The normalized spacial score (nSPS) is 14.7. The maximum Gasteiger partial charge on any atom is 0.417 e. The smallest absolute Gasteiger partial charge is 0.345 e. The van der Waals surface area contributed by atoms with Crippen molar-refractivity contribution >= 4 is 40.8 Å². The van der Waals surface area contributed by atoms with Crippen molar-refractivity contribution in [3.63, 3.8) is 0 Å². The van der Waals surface area contributed by atoms with Crippen molar-refractivity contribution < 1.29 is 62.3 Å². The highest BCUT2D eigenvalue weighted by molar-refractivity contribution is 6.42. The third-order valence-electron chi connectivity index (χ3n) is 5.60. The Morgan fingerprint density at radius 1 is 0.907 bits per heavy atom. The van der Waals surface area contributed by atoms with E-state index >= 15 is 4.39 Å². The Kier molecular flexibility index (Phi) is 10.8. The minimum absolute atomic E-state index is 0.0248. The Bertz CT molecular complexity index is 1400. The zero-order valence-corrected chi connectivity index (χ0v) is 22.9. The second-order valence-electron chi connectivity index (χ2n) is 9.07. The summed E-state index contributed by atoms with van der Waals surface area (Å²) in [7, 11) is 0. The van der Waals surface area contributed by atoms with Crippen LogP contribution in [0.2, 0.25) is 10.0 Å². The van der Waals surface area contributed by atoms with E-state index in [-0.39, 0.29) is 12.1 Å². The van der Waals surface area contributed by atoms with Gasteiger partial charge in [-0.25, -0.2) is 13.2 Å². The molecule has 0 radical (unpaired) electrons. The van der Waals surface area contributed by atoms with Crippen molar-refractivity contribution in [2.75, 3.05) is 6.54 Å². The van der Waals surface area contributed by atoms with Crippen LogP contribution in [0.25, 0.3) is 5.83 Å². The molecule has 0 saturated carbocycles. The van der Waals surface area contributed by atoms with Gasteiger partial charge in [0, 0.05) is 18.1 Å². The van der Waals surface area contributed by atoms with Crippen molar-refractivity contribution in [2.24, 2.45) is 0 Å².